The SMILES string of the molecule is O=C(O[C@H]1C[N+]2(CCCSc3cccc(Cl)c3)CCC1CC2)N(Cc1ccc(F)cc1)c1cccc(F)c1.[Cl-]. The topological polar surface area (TPSA) is 29.5 Å². The van der Waals surface area contributed by atoms with Crippen molar-refractivity contribution in [2.45, 2.75) is 36.8 Å². The summed E-state index contributed by atoms with van der Waals surface area (Å²) in [6, 6.07) is 19.9. The minimum atomic E-state index is -0.492. The van der Waals surface area contributed by atoms with Crippen molar-refractivity contribution in [3.8, 4) is 0 Å². The lowest BCUT2D eigenvalue weighted by Gasteiger charge is -2.52. The molecule has 0 saturated carbocycles. The molecule has 0 N–H and O–H groups in total. The molecule has 1 amide bonds. The van der Waals surface area contributed by atoms with Gasteiger partial charge in [0.2, 0.25) is 0 Å². The number of hydrogen-bond acceptors (Lipinski definition) is 3. The summed E-state index contributed by atoms with van der Waals surface area (Å²) in [5.41, 5.74) is 1.16. The number of anilines is 1. The number of carbonyl (C=O) groups excluding carboxylic acids is 1. The van der Waals surface area contributed by atoms with Crippen LogP contribution < -0.4 is 17.3 Å². The highest BCUT2D eigenvalue weighted by atomic mass is 35.5. The van der Waals surface area contributed by atoms with Crippen molar-refractivity contribution in [2.75, 3.05) is 36.8 Å². The van der Waals surface area contributed by atoms with E-state index in [0.717, 1.165) is 66.3 Å². The average molecular weight is 594 g/mol. The molecule has 9 heteroatoms. The third kappa shape index (κ3) is 7.66. The van der Waals surface area contributed by atoms with Crippen LogP contribution in [0.4, 0.5) is 19.3 Å². The van der Waals surface area contributed by atoms with Crippen LogP contribution in [0.2, 0.25) is 5.02 Å². The molecule has 0 aliphatic carbocycles. The van der Waals surface area contributed by atoms with Crippen LogP contribution in [0.1, 0.15) is 24.8 Å². The molecule has 0 radical (unpaired) electrons. The number of quaternary nitrogens is 1. The number of benzene rings is 3. The molecule has 3 aliphatic rings. The van der Waals surface area contributed by atoms with Crippen LogP contribution in [0.3, 0.4) is 0 Å². The zero-order chi connectivity index (χ0) is 26.5. The van der Waals surface area contributed by atoms with Crippen molar-refractivity contribution in [3.05, 3.63) is 95.0 Å². The Kier molecular flexibility index (Phi) is 10.2. The molecule has 208 valence electrons. The molecule has 39 heavy (non-hydrogen) atoms. The Morgan fingerprint density at radius 1 is 1.00 bits per heavy atom. The lowest BCUT2D eigenvalue weighted by Crippen LogP contribution is -3.00. The molecule has 3 heterocycles. The van der Waals surface area contributed by atoms with Crippen LogP contribution in [0, 0.1) is 17.6 Å². The van der Waals surface area contributed by atoms with E-state index < -0.39 is 11.9 Å². The Hall–Kier alpha value is -2.32. The van der Waals surface area contributed by atoms with Crippen LogP contribution in [0.5, 0.6) is 0 Å². The number of rotatable bonds is 9. The third-order valence-corrected chi connectivity index (χ3v) is 9.04. The molecule has 3 saturated heterocycles. The van der Waals surface area contributed by atoms with Gasteiger partial charge in [0, 0.05) is 40.9 Å². The predicted octanol–water partition coefficient (Wildman–Crippen LogP) is 4.56. The number of piperidine rings is 3. The summed E-state index contributed by atoms with van der Waals surface area (Å²) in [6.07, 6.45) is 2.49. The monoisotopic (exact) mass is 592 g/mol. The molecule has 0 aromatic heterocycles. The fourth-order valence-corrected chi connectivity index (χ4v) is 6.84. The molecule has 3 fully saturated rings. The van der Waals surface area contributed by atoms with E-state index in [1.54, 1.807) is 24.3 Å². The van der Waals surface area contributed by atoms with Gasteiger partial charge < -0.3 is 21.6 Å². The van der Waals surface area contributed by atoms with E-state index in [0.29, 0.717) is 11.6 Å². The van der Waals surface area contributed by atoms with Gasteiger partial charge in [-0.3, -0.25) is 4.90 Å². The Labute approximate surface area is 244 Å². The number of hydrogen-bond donors (Lipinski definition) is 0. The highest BCUT2D eigenvalue weighted by Gasteiger charge is 2.47. The number of nitrogens with zero attached hydrogens (tertiary/aromatic N) is 2. The third-order valence-electron chi connectivity index (χ3n) is 7.73. The Morgan fingerprint density at radius 3 is 2.46 bits per heavy atom. The van der Waals surface area contributed by atoms with Gasteiger partial charge in [-0.2, -0.15) is 0 Å². The van der Waals surface area contributed by atoms with Gasteiger partial charge in [-0.25, -0.2) is 13.6 Å². The number of amides is 1. The smallest absolute Gasteiger partial charge is 0.415 e. The highest BCUT2D eigenvalue weighted by Crippen LogP contribution is 2.37. The van der Waals surface area contributed by atoms with Gasteiger partial charge in [-0.1, -0.05) is 35.9 Å². The summed E-state index contributed by atoms with van der Waals surface area (Å²) in [4.78, 5) is 16.1. The van der Waals surface area contributed by atoms with Gasteiger partial charge in [0.1, 0.15) is 18.2 Å². The zero-order valence-electron chi connectivity index (χ0n) is 21.6. The van der Waals surface area contributed by atoms with Crippen molar-refractivity contribution in [1.82, 2.24) is 0 Å². The second kappa shape index (κ2) is 13.4. The van der Waals surface area contributed by atoms with Gasteiger partial charge in [0.05, 0.1) is 31.9 Å². The normalized spacial score (nSPS) is 21.7. The van der Waals surface area contributed by atoms with Gasteiger partial charge in [0.15, 0.2) is 6.10 Å². The number of thioether (sulfide) groups is 1. The van der Waals surface area contributed by atoms with Gasteiger partial charge in [0.25, 0.3) is 0 Å². The first-order valence-electron chi connectivity index (χ1n) is 13.1. The van der Waals surface area contributed by atoms with E-state index in [9.17, 15) is 13.6 Å². The van der Waals surface area contributed by atoms with Crippen molar-refractivity contribution in [2.24, 2.45) is 5.92 Å². The van der Waals surface area contributed by atoms with E-state index in [2.05, 4.69) is 6.07 Å². The highest BCUT2D eigenvalue weighted by molar-refractivity contribution is 7.99. The Balaban J connectivity index is 0.00000353. The Bertz CT molecular complexity index is 1260. The second-order valence-electron chi connectivity index (χ2n) is 10.3. The quantitative estimate of drug-likeness (QED) is 0.207. The van der Waals surface area contributed by atoms with E-state index >= 15 is 0 Å². The van der Waals surface area contributed by atoms with Crippen LogP contribution in [0.15, 0.2) is 77.7 Å². The van der Waals surface area contributed by atoms with Gasteiger partial charge >= 0.3 is 6.09 Å². The molecule has 3 aliphatic heterocycles. The van der Waals surface area contributed by atoms with Crippen LogP contribution in [-0.2, 0) is 11.3 Å². The molecule has 3 aromatic carbocycles. The molecule has 6 rings (SSSR count). The molecule has 0 spiro atoms. The van der Waals surface area contributed by atoms with Crippen molar-refractivity contribution in [3.63, 3.8) is 0 Å². The minimum Gasteiger partial charge on any atom is -1.00 e. The van der Waals surface area contributed by atoms with Crippen molar-refractivity contribution in [1.29, 1.82) is 0 Å². The second-order valence-corrected chi connectivity index (χ2v) is 11.9. The fraction of sp³-hybridized carbons (Fsp3) is 0.367. The Morgan fingerprint density at radius 2 is 1.74 bits per heavy atom. The molecule has 3 aromatic rings. The van der Waals surface area contributed by atoms with Gasteiger partial charge in [-0.15, -0.1) is 11.8 Å². The average Bonchev–Trinajstić information content (AvgIpc) is 2.91. The number of ether oxygens (including phenoxy) is 1. The first kappa shape index (κ1) is 29.7. The fourth-order valence-electron chi connectivity index (χ4n) is 5.69. The zero-order valence-corrected chi connectivity index (χ0v) is 23.9. The van der Waals surface area contributed by atoms with E-state index in [1.807, 2.05) is 30.0 Å². The maximum absolute atomic E-state index is 14.1. The largest absolute Gasteiger partial charge is 1.00 e. The minimum absolute atomic E-state index is 0. The summed E-state index contributed by atoms with van der Waals surface area (Å²) in [7, 11) is 0. The van der Waals surface area contributed by atoms with Crippen LogP contribution in [0.25, 0.3) is 0 Å². The first-order chi connectivity index (χ1) is 18.4. The standard InChI is InChI=1S/C30H32ClF2N2O2S.ClH/c31-24-4-1-7-28(18-24)38-17-3-14-35-15-12-23(13-16-35)29(21-35)37-30(36)34(27-6-2-5-26(33)19-27)20-22-8-10-25(32)11-9-22;/h1-2,4-11,18-19,23,29H,3,12-17,20-21H2;1H/q+1;/p-1/t23?,29-,35?;/m0./s1. The summed E-state index contributed by atoms with van der Waals surface area (Å²) in [6.45, 7) is 4.26. The van der Waals surface area contributed by atoms with Gasteiger partial charge in [-0.05, 0) is 54.1 Å². The lowest BCUT2D eigenvalue weighted by molar-refractivity contribution is -0.946. The number of fused-ring (bicyclic) bond motifs is 3. The van der Waals surface area contributed by atoms with E-state index in [4.69, 9.17) is 16.3 Å². The maximum atomic E-state index is 14.1. The first-order valence-corrected chi connectivity index (χ1v) is 14.5. The molecule has 0 unspecified atom stereocenters. The summed E-state index contributed by atoms with van der Waals surface area (Å²) in [5, 5.41) is 0.756. The van der Waals surface area contributed by atoms with E-state index in [1.165, 1.54) is 34.1 Å². The van der Waals surface area contributed by atoms with Crippen molar-refractivity contribution >= 4 is 35.1 Å². The number of carbonyl (C=O) groups is 1. The molecule has 4 nitrogen and oxygen atoms in total. The summed E-state index contributed by atoms with van der Waals surface area (Å²) in [5.74, 6) is 0.586. The maximum Gasteiger partial charge on any atom is 0.415 e. The van der Waals surface area contributed by atoms with E-state index in [-0.39, 0.29) is 30.9 Å². The molecule has 1 atom stereocenters. The predicted molar refractivity (Wildman–Crippen MR) is 148 cm³/mol. The lowest BCUT2D eigenvalue weighted by atomic mass is 9.83. The van der Waals surface area contributed by atoms with Crippen molar-refractivity contribution < 1.29 is 35.2 Å². The molecule has 2 bridgehead atoms. The summed E-state index contributed by atoms with van der Waals surface area (Å²) >= 11 is 7.93. The van der Waals surface area contributed by atoms with Crippen LogP contribution >= 0.6 is 23.4 Å². The van der Waals surface area contributed by atoms with Crippen LogP contribution in [-0.4, -0.2) is 48.6 Å². The summed E-state index contributed by atoms with van der Waals surface area (Å²) < 4.78 is 34.6. The molecular formula is C30H32Cl2F2N2O2S. The number of halogens is 4. The molecular weight excluding hydrogens is 561 g/mol.